The molecule has 0 atom stereocenters. The number of aromatic nitrogens is 6. The van der Waals surface area contributed by atoms with Crippen molar-refractivity contribution in [2.75, 3.05) is 6.61 Å². The molecule has 0 unspecified atom stereocenters. The number of ketones is 1. The minimum absolute atomic E-state index is 0.0563. The molecule has 3 aromatic heterocycles. The minimum atomic E-state index is -1.24. The summed E-state index contributed by atoms with van der Waals surface area (Å²) < 4.78 is 38.7. The second-order valence-electron chi connectivity index (χ2n) is 9.40. The molecule has 0 spiro atoms. The molecule has 34 heavy (non-hydrogen) atoms. The van der Waals surface area contributed by atoms with Crippen LogP contribution in [0.4, 0.5) is 8.78 Å². The van der Waals surface area contributed by atoms with Gasteiger partial charge in [0.1, 0.15) is 35.1 Å². The van der Waals surface area contributed by atoms with Crippen LogP contribution in [0.1, 0.15) is 17.3 Å². The van der Waals surface area contributed by atoms with Crippen molar-refractivity contribution in [1.82, 2.24) is 29.5 Å². The topological polar surface area (TPSA) is 87.7 Å². The van der Waals surface area contributed by atoms with Gasteiger partial charge in [-0.15, -0.1) is 0 Å². The molecule has 3 heterocycles. The van der Waals surface area contributed by atoms with Gasteiger partial charge in [-0.1, -0.05) is 19.6 Å². The van der Waals surface area contributed by atoms with E-state index in [4.69, 9.17) is 4.74 Å². The molecule has 11 heteroatoms. The van der Waals surface area contributed by atoms with Crippen molar-refractivity contribution in [2.45, 2.75) is 39.3 Å². The summed E-state index contributed by atoms with van der Waals surface area (Å²) in [6.45, 7) is 8.87. The zero-order valence-corrected chi connectivity index (χ0v) is 20.8. The highest BCUT2D eigenvalue weighted by molar-refractivity contribution is 6.76. The second-order valence-corrected chi connectivity index (χ2v) is 15.0. The molecular formula is C23H26F2N6O2Si. The summed E-state index contributed by atoms with van der Waals surface area (Å²) in [5, 5.41) is 8.83. The van der Waals surface area contributed by atoms with Crippen LogP contribution in [0.25, 0.3) is 33.7 Å². The first-order valence-electron chi connectivity index (χ1n) is 10.8. The molecule has 4 rings (SSSR count). The highest BCUT2D eigenvalue weighted by atomic mass is 28.3. The Morgan fingerprint density at radius 3 is 2.44 bits per heavy atom. The molecule has 4 aromatic rings. The van der Waals surface area contributed by atoms with Gasteiger partial charge in [0.05, 0.1) is 18.0 Å². The number of aryl methyl sites for hydroxylation is 1. The number of hydrogen-bond acceptors (Lipinski definition) is 6. The maximum absolute atomic E-state index is 14.8. The van der Waals surface area contributed by atoms with Gasteiger partial charge in [0.2, 0.25) is 0 Å². The van der Waals surface area contributed by atoms with E-state index < -0.39 is 31.1 Å². The number of rotatable bonds is 8. The predicted molar refractivity (Wildman–Crippen MR) is 127 cm³/mol. The van der Waals surface area contributed by atoms with Crippen molar-refractivity contribution in [3.63, 3.8) is 0 Å². The number of carbonyl (C=O) groups is 1. The van der Waals surface area contributed by atoms with Crippen molar-refractivity contribution in [2.24, 2.45) is 7.05 Å². The highest BCUT2D eigenvalue weighted by Gasteiger charge is 2.22. The van der Waals surface area contributed by atoms with Crippen molar-refractivity contribution in [3.8, 4) is 22.6 Å². The van der Waals surface area contributed by atoms with E-state index in [1.807, 2.05) is 0 Å². The molecule has 0 N–H and O–H groups in total. The van der Waals surface area contributed by atoms with E-state index in [0.29, 0.717) is 28.9 Å². The van der Waals surface area contributed by atoms with E-state index in [1.54, 1.807) is 28.8 Å². The van der Waals surface area contributed by atoms with Crippen molar-refractivity contribution >= 4 is 24.9 Å². The van der Waals surface area contributed by atoms with E-state index in [1.165, 1.54) is 13.1 Å². The van der Waals surface area contributed by atoms with Gasteiger partial charge in [-0.05, 0) is 25.1 Å². The lowest BCUT2D eigenvalue weighted by Gasteiger charge is -2.15. The number of nitrogens with zero attached hydrogens (tertiary/aromatic N) is 6. The first-order chi connectivity index (χ1) is 16.0. The Labute approximate surface area is 196 Å². The van der Waals surface area contributed by atoms with Crippen LogP contribution < -0.4 is 0 Å². The smallest absolute Gasteiger partial charge is 0.165 e. The summed E-state index contributed by atoms with van der Waals surface area (Å²) >= 11 is 0. The summed E-state index contributed by atoms with van der Waals surface area (Å²) in [5.41, 5.74) is 1.73. The second kappa shape index (κ2) is 9.14. The van der Waals surface area contributed by atoms with Gasteiger partial charge in [-0.2, -0.15) is 10.2 Å². The lowest BCUT2D eigenvalue weighted by molar-refractivity contribution is 0.0818. The highest BCUT2D eigenvalue weighted by Crippen LogP contribution is 2.30. The Hall–Kier alpha value is -3.31. The van der Waals surface area contributed by atoms with Crippen LogP contribution in [0.3, 0.4) is 0 Å². The average Bonchev–Trinajstić information content (AvgIpc) is 3.33. The monoisotopic (exact) mass is 484 g/mol. The molecule has 0 saturated carbocycles. The molecule has 0 bridgehead atoms. The largest absolute Gasteiger partial charge is 0.360 e. The fourth-order valence-electron chi connectivity index (χ4n) is 3.44. The summed E-state index contributed by atoms with van der Waals surface area (Å²) in [5.74, 6) is -2.39. The Bertz CT molecular complexity index is 1350. The maximum Gasteiger partial charge on any atom is 0.165 e. The first-order valence-corrected chi connectivity index (χ1v) is 14.5. The van der Waals surface area contributed by atoms with E-state index >= 15 is 0 Å². The number of halogens is 2. The number of carbonyl (C=O) groups excluding carboxylic acids is 1. The number of benzene rings is 1. The van der Waals surface area contributed by atoms with Crippen LogP contribution in [0.2, 0.25) is 25.7 Å². The Morgan fingerprint density at radius 2 is 1.85 bits per heavy atom. The third kappa shape index (κ3) is 4.94. The molecular weight excluding hydrogens is 458 g/mol. The molecule has 0 aliphatic heterocycles. The molecule has 0 amide bonds. The molecule has 0 aliphatic rings. The van der Waals surface area contributed by atoms with Crippen LogP contribution in [-0.4, -0.2) is 50.0 Å². The molecule has 0 saturated heterocycles. The van der Waals surface area contributed by atoms with E-state index in [9.17, 15) is 13.6 Å². The summed E-state index contributed by atoms with van der Waals surface area (Å²) in [6, 6.07) is 3.00. The van der Waals surface area contributed by atoms with Crippen LogP contribution >= 0.6 is 0 Å². The fraction of sp³-hybridized carbons (Fsp3) is 0.348. The Kier molecular flexibility index (Phi) is 6.41. The lowest BCUT2D eigenvalue weighted by Crippen LogP contribution is -2.22. The summed E-state index contributed by atoms with van der Waals surface area (Å²) in [6.07, 6.45) is 4.90. The van der Waals surface area contributed by atoms with Gasteiger partial charge in [0.15, 0.2) is 11.6 Å². The molecule has 0 aliphatic carbocycles. The minimum Gasteiger partial charge on any atom is -0.360 e. The van der Waals surface area contributed by atoms with Crippen LogP contribution in [0.5, 0.6) is 0 Å². The van der Waals surface area contributed by atoms with Crippen LogP contribution in [0, 0.1) is 11.6 Å². The Balaban J connectivity index is 1.77. The third-order valence-corrected chi connectivity index (χ3v) is 7.06. The number of Topliss-reactive ketones (excluding diaryl/α,β-unsaturated/α-hetero) is 1. The molecule has 0 radical (unpaired) electrons. The summed E-state index contributed by atoms with van der Waals surface area (Å²) in [7, 11) is 0.538. The summed E-state index contributed by atoms with van der Waals surface area (Å²) in [4.78, 5) is 20.2. The number of ether oxygens (including phenoxy) is 1. The van der Waals surface area contributed by atoms with Gasteiger partial charge in [0.25, 0.3) is 0 Å². The van der Waals surface area contributed by atoms with E-state index in [2.05, 4.69) is 39.8 Å². The van der Waals surface area contributed by atoms with Crippen LogP contribution in [0.15, 0.2) is 30.7 Å². The third-order valence-electron chi connectivity index (χ3n) is 5.35. The normalized spacial score (nSPS) is 12.0. The SMILES string of the molecule is CC(=O)c1cc(F)c(-c2ncc3c(n2)c(-c2cnn(C)c2)nn3COCC[Si](C)(C)C)c(F)c1. The zero-order valence-electron chi connectivity index (χ0n) is 19.8. The van der Waals surface area contributed by atoms with Gasteiger partial charge >= 0.3 is 0 Å². The molecule has 0 fully saturated rings. The molecule has 178 valence electrons. The lowest BCUT2D eigenvalue weighted by atomic mass is 10.1. The Morgan fingerprint density at radius 1 is 1.15 bits per heavy atom. The number of hydrogen-bond donors (Lipinski definition) is 0. The number of fused-ring (bicyclic) bond motifs is 1. The first kappa shape index (κ1) is 23.8. The molecule has 1 aromatic carbocycles. The van der Waals surface area contributed by atoms with E-state index in [-0.39, 0.29) is 18.1 Å². The average molecular weight is 485 g/mol. The van der Waals surface area contributed by atoms with Gasteiger partial charge in [0, 0.05) is 39.1 Å². The quantitative estimate of drug-likeness (QED) is 0.205. The molecule has 8 nitrogen and oxygen atoms in total. The van der Waals surface area contributed by atoms with Gasteiger partial charge < -0.3 is 4.74 Å². The van der Waals surface area contributed by atoms with E-state index in [0.717, 1.165) is 18.2 Å². The zero-order chi connectivity index (χ0) is 24.6. The van der Waals surface area contributed by atoms with Crippen molar-refractivity contribution < 1.29 is 18.3 Å². The predicted octanol–water partition coefficient (Wildman–Crippen LogP) is 4.69. The maximum atomic E-state index is 14.8. The van der Waals surface area contributed by atoms with Crippen molar-refractivity contribution in [1.29, 1.82) is 0 Å². The standard InChI is InChI=1S/C23H26F2N6O2Si/c1-14(32)15-8-17(24)20(18(25)9-15)23-26-11-19-22(28-23)21(16-10-27-30(2)12-16)29-31(19)13-33-6-7-34(3,4)5/h8-12H,6-7,13H2,1-5H3. The van der Waals surface area contributed by atoms with Crippen LogP contribution in [-0.2, 0) is 18.5 Å². The fourth-order valence-corrected chi connectivity index (χ4v) is 4.19. The van der Waals surface area contributed by atoms with Gasteiger partial charge in [-0.3, -0.25) is 9.48 Å². The van der Waals surface area contributed by atoms with Gasteiger partial charge in [-0.25, -0.2) is 23.4 Å². The van der Waals surface area contributed by atoms with Crippen molar-refractivity contribution in [3.05, 3.63) is 47.9 Å².